The normalized spacial score (nSPS) is 18.9. The van der Waals surface area contributed by atoms with E-state index in [1.165, 1.54) is 11.8 Å². The molecule has 2 heterocycles. The van der Waals surface area contributed by atoms with Gasteiger partial charge in [0.05, 0.1) is 0 Å². The smallest absolute Gasteiger partial charge is 0.262 e. The van der Waals surface area contributed by atoms with Crippen molar-refractivity contribution >= 4 is 45.2 Å². The van der Waals surface area contributed by atoms with Gasteiger partial charge in [-0.05, 0) is 54.5 Å². The maximum atomic E-state index is 13.3. The molecular weight excluding hydrogens is 376 g/mol. The number of thioether (sulfide) groups is 1. The first-order valence-electron chi connectivity index (χ1n) is 8.80. The maximum absolute atomic E-state index is 13.3. The largest absolute Gasteiger partial charge is 0.269 e. The summed E-state index contributed by atoms with van der Waals surface area (Å²) in [6.45, 7) is 2.11. The number of thiocarbonyl (C=S) groups is 1. The van der Waals surface area contributed by atoms with Crippen molar-refractivity contribution in [3.05, 3.63) is 71.8 Å². The highest BCUT2D eigenvalue weighted by molar-refractivity contribution is 8.26. The number of fused-ring (bicyclic) bond motifs is 1. The highest BCUT2D eigenvalue weighted by atomic mass is 32.2. The molecule has 2 aromatic rings. The van der Waals surface area contributed by atoms with E-state index in [0.29, 0.717) is 10.7 Å². The number of hydrogen-bond acceptors (Lipinski definition) is 5. The van der Waals surface area contributed by atoms with E-state index in [1.807, 2.05) is 48.5 Å². The second-order valence-electron chi connectivity index (χ2n) is 6.18. The average molecular weight is 395 g/mol. The number of amides is 1. The fraction of sp³-hybridized carbons (Fsp3) is 0.200. The van der Waals surface area contributed by atoms with Gasteiger partial charge in [-0.25, -0.2) is 4.99 Å². The van der Waals surface area contributed by atoms with Gasteiger partial charge in [0.1, 0.15) is 5.04 Å². The van der Waals surface area contributed by atoms with E-state index in [0.717, 1.165) is 28.6 Å². The summed E-state index contributed by atoms with van der Waals surface area (Å²) in [7, 11) is 0. The molecule has 0 saturated carbocycles. The van der Waals surface area contributed by atoms with Crippen LogP contribution in [-0.4, -0.2) is 31.1 Å². The van der Waals surface area contributed by atoms with Crippen LogP contribution in [0.4, 0.5) is 0 Å². The Bertz CT molecular complexity index is 928. The lowest BCUT2D eigenvalue weighted by Gasteiger charge is -2.36. The Morgan fingerprint density at radius 3 is 2.44 bits per heavy atom. The minimum absolute atomic E-state index is 0.179. The molecule has 0 radical (unpaired) electrons. The Balaban J connectivity index is 1.77. The zero-order valence-electron chi connectivity index (χ0n) is 14.8. The highest BCUT2D eigenvalue weighted by Crippen LogP contribution is 2.36. The first kappa shape index (κ1) is 17.9. The first-order valence-corrected chi connectivity index (χ1v) is 10.0. The third kappa shape index (κ3) is 3.40. The van der Waals surface area contributed by atoms with Crippen LogP contribution >= 0.6 is 24.0 Å². The predicted octanol–water partition coefficient (Wildman–Crippen LogP) is 4.64. The van der Waals surface area contributed by atoms with Crippen LogP contribution in [-0.2, 0) is 0 Å². The SMILES string of the molecule is CCCC1=NN2C(=S)N(C(=O)c3ccccc3)C(c3ccccc3)N=C2S1. The number of amidine groups is 1. The van der Waals surface area contributed by atoms with Crippen LogP contribution in [0.3, 0.4) is 0 Å². The molecule has 5 nitrogen and oxygen atoms in total. The fourth-order valence-corrected chi connectivity index (χ4v) is 4.35. The number of aliphatic imine (C=N–C) groups is 1. The molecule has 1 atom stereocenters. The number of hydrogen-bond donors (Lipinski definition) is 0. The number of carbonyl (C=O) groups is 1. The topological polar surface area (TPSA) is 48.3 Å². The zero-order chi connectivity index (χ0) is 18.8. The molecule has 2 aromatic carbocycles. The van der Waals surface area contributed by atoms with Crippen molar-refractivity contribution < 1.29 is 4.79 Å². The summed E-state index contributed by atoms with van der Waals surface area (Å²) in [5, 5.41) is 8.26. The molecule has 0 aromatic heterocycles. The molecule has 2 aliphatic rings. The van der Waals surface area contributed by atoms with E-state index in [-0.39, 0.29) is 5.91 Å². The maximum Gasteiger partial charge on any atom is 0.262 e. The van der Waals surface area contributed by atoms with Gasteiger partial charge in [0.25, 0.3) is 5.91 Å². The Morgan fingerprint density at radius 2 is 1.78 bits per heavy atom. The van der Waals surface area contributed by atoms with E-state index in [4.69, 9.17) is 17.2 Å². The van der Waals surface area contributed by atoms with Crippen molar-refractivity contribution in [1.82, 2.24) is 9.91 Å². The quantitative estimate of drug-likeness (QED) is 0.709. The molecule has 0 bridgehead atoms. The lowest BCUT2D eigenvalue weighted by molar-refractivity contribution is 0.0788. The molecule has 1 unspecified atom stereocenters. The van der Waals surface area contributed by atoms with E-state index in [2.05, 4.69) is 12.0 Å². The molecule has 2 aliphatic heterocycles. The number of benzene rings is 2. The van der Waals surface area contributed by atoms with Crippen LogP contribution in [0.2, 0.25) is 0 Å². The number of carbonyl (C=O) groups excluding carboxylic acids is 1. The van der Waals surface area contributed by atoms with Crippen LogP contribution < -0.4 is 0 Å². The van der Waals surface area contributed by atoms with E-state index < -0.39 is 6.17 Å². The lowest BCUT2D eigenvalue weighted by atomic mass is 10.1. The second kappa shape index (κ2) is 7.62. The van der Waals surface area contributed by atoms with Crippen LogP contribution in [0.25, 0.3) is 0 Å². The Morgan fingerprint density at radius 1 is 1.11 bits per heavy atom. The average Bonchev–Trinajstić information content (AvgIpc) is 3.12. The molecule has 27 heavy (non-hydrogen) atoms. The van der Waals surface area contributed by atoms with E-state index in [1.54, 1.807) is 22.0 Å². The summed E-state index contributed by atoms with van der Waals surface area (Å²) in [5.74, 6) is -0.179. The molecule has 1 amide bonds. The summed E-state index contributed by atoms with van der Waals surface area (Å²) in [5.41, 5.74) is 1.49. The fourth-order valence-electron chi connectivity index (χ4n) is 2.98. The molecule has 0 N–H and O–H groups in total. The van der Waals surface area contributed by atoms with Gasteiger partial charge in [-0.15, -0.1) is 0 Å². The third-order valence-corrected chi connectivity index (χ3v) is 5.62. The Labute approximate surface area is 167 Å². The Hall–Kier alpha value is -2.51. The molecule has 0 saturated heterocycles. The molecule has 0 spiro atoms. The summed E-state index contributed by atoms with van der Waals surface area (Å²) >= 11 is 7.22. The van der Waals surface area contributed by atoms with Gasteiger partial charge in [0, 0.05) is 5.56 Å². The molecule has 136 valence electrons. The molecule has 0 aliphatic carbocycles. The van der Waals surface area contributed by atoms with E-state index in [9.17, 15) is 4.79 Å². The zero-order valence-corrected chi connectivity index (χ0v) is 16.4. The molecule has 7 heteroatoms. The summed E-state index contributed by atoms with van der Waals surface area (Å²) in [4.78, 5) is 19.7. The molecular formula is C20H18N4OS2. The van der Waals surface area contributed by atoms with Crippen LogP contribution in [0.5, 0.6) is 0 Å². The number of nitrogens with zero attached hydrogens (tertiary/aromatic N) is 4. The number of hydrazone groups is 1. The summed E-state index contributed by atoms with van der Waals surface area (Å²) < 4.78 is 0. The molecule has 0 fully saturated rings. The van der Waals surface area contributed by atoms with Crippen molar-refractivity contribution in [2.75, 3.05) is 0 Å². The van der Waals surface area contributed by atoms with Crippen molar-refractivity contribution in [3.8, 4) is 0 Å². The van der Waals surface area contributed by atoms with E-state index >= 15 is 0 Å². The van der Waals surface area contributed by atoms with Crippen LogP contribution in [0.15, 0.2) is 70.8 Å². The van der Waals surface area contributed by atoms with Gasteiger partial charge in [-0.1, -0.05) is 55.5 Å². The van der Waals surface area contributed by atoms with Crippen molar-refractivity contribution in [3.63, 3.8) is 0 Å². The predicted molar refractivity (Wildman–Crippen MR) is 114 cm³/mol. The lowest BCUT2D eigenvalue weighted by Crippen LogP contribution is -2.49. The summed E-state index contributed by atoms with van der Waals surface area (Å²) in [6.07, 6.45) is 1.36. The first-order chi connectivity index (χ1) is 13.2. The Kier molecular flexibility index (Phi) is 5.05. The van der Waals surface area contributed by atoms with Gasteiger partial charge in [0.2, 0.25) is 5.11 Å². The van der Waals surface area contributed by atoms with Gasteiger partial charge in [-0.2, -0.15) is 10.1 Å². The van der Waals surface area contributed by atoms with Gasteiger partial charge in [0.15, 0.2) is 11.3 Å². The minimum atomic E-state index is -0.499. The van der Waals surface area contributed by atoms with Gasteiger partial charge in [-0.3, -0.25) is 9.69 Å². The second-order valence-corrected chi connectivity index (χ2v) is 7.58. The minimum Gasteiger partial charge on any atom is -0.269 e. The van der Waals surface area contributed by atoms with Gasteiger partial charge >= 0.3 is 0 Å². The number of rotatable bonds is 4. The van der Waals surface area contributed by atoms with Gasteiger partial charge < -0.3 is 0 Å². The third-order valence-electron chi connectivity index (χ3n) is 4.27. The molecule has 4 rings (SSSR count). The van der Waals surface area contributed by atoms with Crippen LogP contribution in [0.1, 0.15) is 41.9 Å². The van der Waals surface area contributed by atoms with Crippen LogP contribution in [0, 0.1) is 0 Å². The van der Waals surface area contributed by atoms with Crippen molar-refractivity contribution in [2.24, 2.45) is 10.1 Å². The van der Waals surface area contributed by atoms with Crippen molar-refractivity contribution in [2.45, 2.75) is 25.9 Å². The monoisotopic (exact) mass is 394 g/mol. The summed E-state index contributed by atoms with van der Waals surface area (Å²) in [6, 6.07) is 18.9. The standard InChI is InChI=1S/C20H18N4OS2/c1-2-9-16-22-24-19(27-16)21-17(14-10-5-3-6-11-14)23(20(24)26)18(25)15-12-7-4-8-13-15/h3-8,10-13,17H,2,9H2,1H3. The van der Waals surface area contributed by atoms with Crippen molar-refractivity contribution in [1.29, 1.82) is 0 Å². The highest BCUT2D eigenvalue weighted by Gasteiger charge is 2.41.